The van der Waals surface area contributed by atoms with Crippen LogP contribution in [0.3, 0.4) is 0 Å². The van der Waals surface area contributed by atoms with Gasteiger partial charge in [-0.3, -0.25) is 0 Å². The van der Waals surface area contributed by atoms with Gasteiger partial charge < -0.3 is 0 Å². The molecule has 108 valence electrons. The van der Waals surface area contributed by atoms with E-state index in [4.69, 9.17) is 23.2 Å². The highest BCUT2D eigenvalue weighted by atomic mass is 35.5. The molecule has 5 heteroatoms. The maximum Gasteiger partial charge on any atom is 0.255 e. The van der Waals surface area contributed by atoms with Crippen molar-refractivity contribution in [2.75, 3.05) is 0 Å². The number of imidazole rings is 1. The van der Waals surface area contributed by atoms with Crippen LogP contribution in [-0.4, -0.2) is 9.55 Å². The third-order valence-corrected chi connectivity index (χ3v) is 4.30. The summed E-state index contributed by atoms with van der Waals surface area (Å²) >= 11 is 12.5. The van der Waals surface area contributed by atoms with Crippen LogP contribution < -0.4 is 4.57 Å². The summed E-state index contributed by atoms with van der Waals surface area (Å²) < 4.78 is 3.89. The Bertz CT molecular complexity index is 780. The van der Waals surface area contributed by atoms with Crippen LogP contribution in [0.25, 0.3) is 10.9 Å². The molecule has 0 bridgehead atoms. The van der Waals surface area contributed by atoms with Gasteiger partial charge in [-0.2, -0.15) is 0 Å². The molecule has 0 aliphatic carbocycles. The maximum atomic E-state index is 6.30. The number of benzene rings is 1. The fraction of sp³-hybridized carbons (Fsp3) is 0.250. The first-order valence-corrected chi connectivity index (χ1v) is 7.73. The quantitative estimate of drug-likeness (QED) is 0.663. The fourth-order valence-electron chi connectivity index (χ4n) is 2.38. The van der Waals surface area contributed by atoms with Crippen molar-refractivity contribution in [3.8, 4) is 0 Å². The van der Waals surface area contributed by atoms with Crippen LogP contribution in [0.4, 0.5) is 0 Å². The monoisotopic (exact) mass is 320 g/mol. The van der Waals surface area contributed by atoms with Gasteiger partial charge in [0.25, 0.3) is 10.3 Å². The van der Waals surface area contributed by atoms with Crippen molar-refractivity contribution in [2.24, 2.45) is 0 Å². The number of halogens is 2. The first-order chi connectivity index (χ1) is 10.2. The van der Waals surface area contributed by atoms with Gasteiger partial charge in [-0.05, 0) is 41.8 Å². The summed E-state index contributed by atoms with van der Waals surface area (Å²) in [6.07, 6.45) is 2.96. The number of aromatic nitrogens is 3. The molecule has 21 heavy (non-hydrogen) atoms. The van der Waals surface area contributed by atoms with Crippen LogP contribution in [0.5, 0.6) is 0 Å². The van der Waals surface area contributed by atoms with Gasteiger partial charge in [-0.1, -0.05) is 31.2 Å². The molecule has 3 aromatic rings. The molecule has 0 saturated carbocycles. The van der Waals surface area contributed by atoms with Crippen molar-refractivity contribution in [3.05, 3.63) is 58.7 Å². The minimum absolute atomic E-state index is 0.556. The molecule has 3 rings (SSSR count). The number of pyridine rings is 1. The zero-order valence-electron chi connectivity index (χ0n) is 11.8. The van der Waals surface area contributed by atoms with E-state index in [1.54, 1.807) is 0 Å². The number of aryl methyl sites for hydroxylation is 1. The molecule has 0 spiro atoms. The molecule has 0 N–H and O–H groups in total. The smallest absolute Gasteiger partial charge is 0.249 e. The highest BCUT2D eigenvalue weighted by Crippen LogP contribution is 2.19. The number of fused-ring (bicyclic) bond motifs is 1. The Labute approximate surface area is 133 Å². The van der Waals surface area contributed by atoms with Gasteiger partial charge in [0.15, 0.2) is 0 Å². The molecule has 0 aliphatic heterocycles. The first-order valence-electron chi connectivity index (χ1n) is 6.97. The fourth-order valence-corrected chi connectivity index (χ4v) is 2.83. The first kappa shape index (κ1) is 14.4. The van der Waals surface area contributed by atoms with Crippen molar-refractivity contribution in [3.63, 3.8) is 0 Å². The van der Waals surface area contributed by atoms with E-state index in [1.165, 1.54) is 0 Å². The normalized spacial score (nSPS) is 11.2. The molecule has 0 amide bonds. The average molecular weight is 321 g/mol. The number of hydrogen-bond acceptors (Lipinski definition) is 1. The predicted molar refractivity (Wildman–Crippen MR) is 85.8 cm³/mol. The Morgan fingerprint density at radius 1 is 1.14 bits per heavy atom. The zero-order chi connectivity index (χ0) is 14.8. The van der Waals surface area contributed by atoms with E-state index in [1.807, 2.05) is 39.7 Å². The molecule has 0 fully saturated rings. The lowest BCUT2D eigenvalue weighted by Gasteiger charge is -2.01. The van der Waals surface area contributed by atoms with Gasteiger partial charge in [-0.25, -0.2) is 14.1 Å². The minimum Gasteiger partial charge on any atom is -0.249 e. The van der Waals surface area contributed by atoms with E-state index in [2.05, 4.69) is 24.0 Å². The molecular weight excluding hydrogens is 305 g/mol. The van der Waals surface area contributed by atoms with Crippen molar-refractivity contribution < 1.29 is 4.57 Å². The Kier molecular flexibility index (Phi) is 4.13. The summed E-state index contributed by atoms with van der Waals surface area (Å²) in [5, 5.41) is 2.28. The number of rotatable bonds is 4. The standard InChI is InChI=1S/C16H16Cl2N3/c1-2-9-20-11-21(16(18)15(20)17)10-13-8-7-12-5-3-4-6-14(12)19-13/h3-8,11H,2,9-10H2,1H3/q+1. The van der Waals surface area contributed by atoms with E-state index in [-0.39, 0.29) is 0 Å². The molecule has 2 heterocycles. The van der Waals surface area contributed by atoms with Crippen LogP contribution in [-0.2, 0) is 13.1 Å². The zero-order valence-corrected chi connectivity index (χ0v) is 13.3. The van der Waals surface area contributed by atoms with Crippen LogP contribution in [0.1, 0.15) is 19.0 Å². The van der Waals surface area contributed by atoms with E-state index in [0.29, 0.717) is 16.9 Å². The second kappa shape index (κ2) is 6.04. The van der Waals surface area contributed by atoms with Gasteiger partial charge in [0.1, 0.15) is 6.54 Å². The third-order valence-electron chi connectivity index (χ3n) is 3.41. The Balaban J connectivity index is 1.93. The molecule has 3 nitrogen and oxygen atoms in total. The van der Waals surface area contributed by atoms with E-state index < -0.39 is 0 Å². The van der Waals surface area contributed by atoms with Crippen molar-refractivity contribution in [2.45, 2.75) is 26.4 Å². The highest BCUT2D eigenvalue weighted by Gasteiger charge is 2.20. The summed E-state index contributed by atoms with van der Waals surface area (Å²) in [6, 6.07) is 12.2. The molecule has 0 atom stereocenters. The van der Waals surface area contributed by atoms with Crippen LogP contribution in [0, 0.1) is 0 Å². The second-order valence-electron chi connectivity index (χ2n) is 5.01. The molecule has 0 aliphatic rings. The summed E-state index contributed by atoms with van der Waals surface area (Å²) in [4.78, 5) is 4.66. The lowest BCUT2D eigenvalue weighted by molar-refractivity contribution is -0.686. The average Bonchev–Trinajstić information content (AvgIpc) is 2.76. The summed E-state index contributed by atoms with van der Waals surface area (Å²) in [7, 11) is 0. The van der Waals surface area contributed by atoms with E-state index >= 15 is 0 Å². The van der Waals surface area contributed by atoms with Crippen LogP contribution in [0.2, 0.25) is 10.3 Å². The van der Waals surface area contributed by atoms with Gasteiger partial charge in [0.2, 0.25) is 6.33 Å². The largest absolute Gasteiger partial charge is 0.255 e. The van der Waals surface area contributed by atoms with Gasteiger partial charge in [0, 0.05) is 5.39 Å². The second-order valence-corrected chi connectivity index (χ2v) is 5.73. The summed E-state index contributed by atoms with van der Waals surface area (Å²) in [5.41, 5.74) is 1.96. The van der Waals surface area contributed by atoms with Gasteiger partial charge >= 0.3 is 0 Å². The topological polar surface area (TPSA) is 21.7 Å². The van der Waals surface area contributed by atoms with Crippen molar-refractivity contribution in [1.82, 2.24) is 9.55 Å². The van der Waals surface area contributed by atoms with E-state index in [0.717, 1.165) is 29.6 Å². The molecule has 2 aromatic heterocycles. The van der Waals surface area contributed by atoms with Crippen molar-refractivity contribution >= 4 is 34.1 Å². The number of para-hydroxylation sites is 1. The molecule has 1 aromatic carbocycles. The SMILES string of the molecule is CCCn1c[n+](Cc2ccc3ccccc3n2)c(Cl)c1Cl. The predicted octanol–water partition coefficient (Wildman–Crippen LogP) is 4.09. The van der Waals surface area contributed by atoms with Gasteiger partial charge in [-0.15, -0.1) is 0 Å². The van der Waals surface area contributed by atoms with Crippen molar-refractivity contribution in [1.29, 1.82) is 0 Å². The Morgan fingerprint density at radius 3 is 2.76 bits per heavy atom. The molecule has 0 saturated heterocycles. The van der Waals surface area contributed by atoms with Crippen LogP contribution >= 0.6 is 23.2 Å². The maximum absolute atomic E-state index is 6.30. The summed E-state index contributed by atoms with van der Waals surface area (Å²) in [6.45, 7) is 3.58. The number of nitrogens with zero attached hydrogens (tertiary/aromatic N) is 3. The minimum atomic E-state index is 0.556. The molecule has 0 unspecified atom stereocenters. The molecular formula is C16H16Cl2N3+. The number of hydrogen-bond donors (Lipinski definition) is 0. The molecule has 0 radical (unpaired) electrons. The Morgan fingerprint density at radius 2 is 1.95 bits per heavy atom. The van der Waals surface area contributed by atoms with Gasteiger partial charge in [0.05, 0.1) is 17.8 Å². The Hall–Kier alpha value is -1.58. The lowest BCUT2D eigenvalue weighted by Crippen LogP contribution is -2.33. The third kappa shape index (κ3) is 2.89. The van der Waals surface area contributed by atoms with Crippen LogP contribution in [0.15, 0.2) is 42.7 Å². The highest BCUT2D eigenvalue weighted by molar-refractivity contribution is 6.39. The lowest BCUT2D eigenvalue weighted by atomic mass is 10.2. The van der Waals surface area contributed by atoms with E-state index in [9.17, 15) is 0 Å². The summed E-state index contributed by atoms with van der Waals surface area (Å²) in [5.74, 6) is 0.